The Bertz CT molecular complexity index is 352. The van der Waals surface area contributed by atoms with Crippen molar-refractivity contribution in [2.24, 2.45) is 5.73 Å². The summed E-state index contributed by atoms with van der Waals surface area (Å²) in [5.74, 6) is -0.453. The number of hydrogen-bond donors (Lipinski definition) is 3. The second-order valence-electron chi connectivity index (χ2n) is 5.79. The Balaban J connectivity index is 1.78. The fourth-order valence-electron chi connectivity index (χ4n) is 2.96. The van der Waals surface area contributed by atoms with Crippen LogP contribution in [0.5, 0.6) is 0 Å². The van der Waals surface area contributed by atoms with Crippen LogP contribution in [0.2, 0.25) is 0 Å². The molecule has 2 aliphatic heterocycles. The normalized spacial score (nSPS) is 23.4. The summed E-state index contributed by atoms with van der Waals surface area (Å²) in [4.78, 5) is 25.2. The molecule has 0 saturated carbocycles. The van der Waals surface area contributed by atoms with E-state index in [1.807, 2.05) is 4.90 Å². The molecule has 21 heavy (non-hydrogen) atoms. The Hall–Kier alpha value is -1.18. The van der Waals surface area contributed by atoms with Crippen molar-refractivity contribution in [2.75, 3.05) is 39.3 Å². The van der Waals surface area contributed by atoms with E-state index in [4.69, 9.17) is 10.5 Å². The molecule has 0 aliphatic carbocycles. The maximum absolute atomic E-state index is 12.1. The average molecular weight is 298 g/mol. The largest absolute Gasteiger partial charge is 0.376 e. The van der Waals surface area contributed by atoms with Gasteiger partial charge in [0.2, 0.25) is 11.8 Å². The maximum Gasteiger partial charge on any atom is 0.234 e. The van der Waals surface area contributed by atoms with Crippen LogP contribution in [0.25, 0.3) is 0 Å². The summed E-state index contributed by atoms with van der Waals surface area (Å²) in [6, 6.07) is 0.243. The third-order valence-corrected chi connectivity index (χ3v) is 4.08. The summed E-state index contributed by atoms with van der Waals surface area (Å²) in [6.45, 7) is 3.52. The first-order valence-electron chi connectivity index (χ1n) is 7.76. The van der Waals surface area contributed by atoms with Gasteiger partial charge in [0.05, 0.1) is 19.2 Å². The lowest BCUT2D eigenvalue weighted by atomic mass is 10.0. The van der Waals surface area contributed by atoms with Gasteiger partial charge in [0.25, 0.3) is 0 Å². The van der Waals surface area contributed by atoms with E-state index in [0.29, 0.717) is 6.54 Å². The molecule has 0 radical (unpaired) electrons. The van der Waals surface area contributed by atoms with Crippen molar-refractivity contribution in [3.8, 4) is 0 Å². The summed E-state index contributed by atoms with van der Waals surface area (Å²) in [7, 11) is 0. The van der Waals surface area contributed by atoms with Crippen LogP contribution in [-0.4, -0.2) is 68.2 Å². The molecule has 2 heterocycles. The standard InChI is InChI=1S/C14H26N4O3/c15-13(19)9-18(11-3-5-16-6-4-11)10-14(20)17-8-12-2-1-7-21-12/h11-12,16H,1-10H2,(H2,15,19)(H,17,20). The zero-order valence-electron chi connectivity index (χ0n) is 12.5. The highest BCUT2D eigenvalue weighted by molar-refractivity contribution is 5.80. The molecule has 2 aliphatic rings. The molecule has 7 nitrogen and oxygen atoms in total. The van der Waals surface area contributed by atoms with Gasteiger partial charge in [-0.25, -0.2) is 0 Å². The third kappa shape index (κ3) is 5.61. The lowest BCUT2D eigenvalue weighted by Gasteiger charge is -2.33. The SMILES string of the molecule is NC(=O)CN(CC(=O)NCC1CCCO1)C1CCNCC1. The Labute approximate surface area is 125 Å². The van der Waals surface area contributed by atoms with Gasteiger partial charge in [-0.05, 0) is 38.8 Å². The van der Waals surface area contributed by atoms with E-state index < -0.39 is 0 Å². The van der Waals surface area contributed by atoms with Gasteiger partial charge in [-0.3, -0.25) is 14.5 Å². The number of nitrogens with zero attached hydrogens (tertiary/aromatic N) is 1. The summed E-state index contributed by atoms with van der Waals surface area (Å²) in [6.07, 6.45) is 4.07. The Morgan fingerprint density at radius 2 is 2.00 bits per heavy atom. The predicted octanol–water partition coefficient (Wildman–Crippen LogP) is -1.18. The van der Waals surface area contributed by atoms with Gasteiger partial charge < -0.3 is 21.1 Å². The Kier molecular flexibility index (Phi) is 6.41. The van der Waals surface area contributed by atoms with E-state index in [1.54, 1.807) is 0 Å². The van der Waals surface area contributed by atoms with Crippen LogP contribution in [0.3, 0.4) is 0 Å². The molecule has 1 atom stereocenters. The molecule has 0 aromatic rings. The highest BCUT2D eigenvalue weighted by Gasteiger charge is 2.24. The number of carbonyl (C=O) groups is 2. The molecule has 2 rings (SSSR count). The van der Waals surface area contributed by atoms with E-state index in [9.17, 15) is 9.59 Å². The topological polar surface area (TPSA) is 96.7 Å². The first kappa shape index (κ1) is 16.2. The molecular formula is C14H26N4O3. The summed E-state index contributed by atoms with van der Waals surface area (Å²) >= 11 is 0. The molecule has 2 amide bonds. The summed E-state index contributed by atoms with van der Waals surface area (Å²) < 4.78 is 5.48. The van der Waals surface area contributed by atoms with E-state index in [0.717, 1.165) is 45.4 Å². The van der Waals surface area contributed by atoms with Crippen molar-refractivity contribution < 1.29 is 14.3 Å². The highest BCUT2D eigenvalue weighted by Crippen LogP contribution is 2.12. The monoisotopic (exact) mass is 298 g/mol. The fraction of sp³-hybridized carbons (Fsp3) is 0.857. The molecule has 2 saturated heterocycles. The van der Waals surface area contributed by atoms with Gasteiger partial charge in [0.15, 0.2) is 0 Å². The quantitative estimate of drug-likeness (QED) is 0.550. The lowest BCUT2D eigenvalue weighted by molar-refractivity contribution is -0.125. The number of primary amides is 1. The first-order chi connectivity index (χ1) is 10.1. The third-order valence-electron chi connectivity index (χ3n) is 4.08. The fourth-order valence-corrected chi connectivity index (χ4v) is 2.96. The second-order valence-corrected chi connectivity index (χ2v) is 5.79. The molecule has 1 unspecified atom stereocenters. The zero-order chi connectivity index (χ0) is 15.1. The van der Waals surface area contributed by atoms with Gasteiger partial charge in [-0.15, -0.1) is 0 Å². The minimum absolute atomic E-state index is 0.0646. The van der Waals surface area contributed by atoms with Crippen LogP contribution in [0, 0.1) is 0 Å². The molecule has 4 N–H and O–H groups in total. The number of ether oxygens (including phenoxy) is 1. The zero-order valence-corrected chi connectivity index (χ0v) is 12.5. The van der Waals surface area contributed by atoms with Crippen molar-refractivity contribution in [3.63, 3.8) is 0 Å². The first-order valence-corrected chi connectivity index (χ1v) is 7.76. The molecule has 0 aromatic heterocycles. The van der Waals surface area contributed by atoms with Gasteiger partial charge in [0, 0.05) is 19.2 Å². The molecule has 0 spiro atoms. The van der Waals surface area contributed by atoms with E-state index in [-0.39, 0.29) is 37.0 Å². The van der Waals surface area contributed by atoms with Crippen LogP contribution in [0.4, 0.5) is 0 Å². The number of rotatable bonds is 7. The predicted molar refractivity (Wildman–Crippen MR) is 78.6 cm³/mol. The lowest BCUT2D eigenvalue weighted by Crippen LogP contribution is -2.50. The van der Waals surface area contributed by atoms with Gasteiger partial charge >= 0.3 is 0 Å². The van der Waals surface area contributed by atoms with Gasteiger partial charge in [0.1, 0.15) is 0 Å². The number of carbonyl (C=O) groups excluding carboxylic acids is 2. The number of amides is 2. The van der Waals surface area contributed by atoms with Crippen LogP contribution in [0.1, 0.15) is 25.7 Å². The minimum Gasteiger partial charge on any atom is -0.376 e. The molecule has 0 bridgehead atoms. The molecular weight excluding hydrogens is 272 g/mol. The van der Waals surface area contributed by atoms with Crippen molar-refractivity contribution in [2.45, 2.75) is 37.8 Å². The number of hydrogen-bond acceptors (Lipinski definition) is 5. The summed E-state index contributed by atoms with van der Waals surface area (Å²) in [5.41, 5.74) is 5.30. The molecule has 7 heteroatoms. The second kappa shape index (κ2) is 8.31. The highest BCUT2D eigenvalue weighted by atomic mass is 16.5. The molecule has 0 aromatic carbocycles. The van der Waals surface area contributed by atoms with Crippen LogP contribution in [0.15, 0.2) is 0 Å². The van der Waals surface area contributed by atoms with E-state index in [1.165, 1.54) is 0 Å². The Morgan fingerprint density at radius 1 is 1.24 bits per heavy atom. The minimum atomic E-state index is -0.388. The van der Waals surface area contributed by atoms with Crippen molar-refractivity contribution in [1.82, 2.24) is 15.5 Å². The maximum atomic E-state index is 12.1. The number of nitrogens with one attached hydrogen (secondary N) is 2. The van der Waals surface area contributed by atoms with Crippen molar-refractivity contribution in [1.29, 1.82) is 0 Å². The van der Waals surface area contributed by atoms with Gasteiger partial charge in [-0.1, -0.05) is 0 Å². The smallest absolute Gasteiger partial charge is 0.234 e. The van der Waals surface area contributed by atoms with Crippen LogP contribution >= 0.6 is 0 Å². The van der Waals surface area contributed by atoms with E-state index >= 15 is 0 Å². The number of nitrogens with two attached hydrogens (primary N) is 1. The van der Waals surface area contributed by atoms with Crippen molar-refractivity contribution in [3.05, 3.63) is 0 Å². The number of piperidine rings is 1. The van der Waals surface area contributed by atoms with Crippen molar-refractivity contribution >= 4 is 11.8 Å². The summed E-state index contributed by atoms with van der Waals surface area (Å²) in [5, 5.41) is 6.17. The molecule has 2 fully saturated rings. The van der Waals surface area contributed by atoms with E-state index in [2.05, 4.69) is 10.6 Å². The Morgan fingerprint density at radius 3 is 2.62 bits per heavy atom. The van der Waals surface area contributed by atoms with Gasteiger partial charge in [-0.2, -0.15) is 0 Å². The van der Waals surface area contributed by atoms with Crippen LogP contribution < -0.4 is 16.4 Å². The molecule has 120 valence electrons. The van der Waals surface area contributed by atoms with Crippen LogP contribution in [-0.2, 0) is 14.3 Å². The average Bonchev–Trinajstić information content (AvgIpc) is 2.98.